The molecule has 2 heterocycles. The lowest BCUT2D eigenvalue weighted by atomic mass is 10.1. The van der Waals surface area contributed by atoms with Crippen molar-refractivity contribution in [3.05, 3.63) is 94.6 Å². The van der Waals surface area contributed by atoms with Crippen molar-refractivity contribution in [1.82, 2.24) is 4.57 Å². The summed E-state index contributed by atoms with van der Waals surface area (Å²) in [5, 5.41) is 0.915. The molecule has 1 aromatic heterocycles. The van der Waals surface area contributed by atoms with Crippen molar-refractivity contribution in [2.75, 3.05) is 7.11 Å². The Kier molecular flexibility index (Phi) is 5.17. The molecule has 34 heavy (non-hydrogen) atoms. The summed E-state index contributed by atoms with van der Waals surface area (Å²) in [5.74, 6) is -0.405. The number of halogens is 1. The Morgan fingerprint density at radius 2 is 1.91 bits per heavy atom. The number of ketones is 1. The van der Waals surface area contributed by atoms with Gasteiger partial charge < -0.3 is 18.8 Å². The minimum atomic E-state index is -0.828. The fraction of sp³-hybridized carbons (Fsp3) is 0.111. The van der Waals surface area contributed by atoms with Crippen LogP contribution in [0.15, 0.2) is 66.6 Å². The summed E-state index contributed by atoms with van der Waals surface area (Å²) in [6.07, 6.45) is 3.60. The highest BCUT2D eigenvalue weighted by molar-refractivity contribution is 6.15. The normalized spacial score (nSPS) is 13.8. The first-order valence-electron chi connectivity index (χ1n) is 10.5. The van der Waals surface area contributed by atoms with Crippen molar-refractivity contribution in [3.63, 3.8) is 0 Å². The number of ether oxygens (including phenoxy) is 3. The Bertz CT molecular complexity index is 1520. The first-order valence-corrected chi connectivity index (χ1v) is 10.5. The third-order valence-electron chi connectivity index (χ3n) is 5.85. The minimum Gasteiger partial charge on any atom is -0.497 e. The topological polar surface area (TPSA) is 66.8 Å². The summed E-state index contributed by atoms with van der Waals surface area (Å²) in [4.78, 5) is 25.5. The number of aryl methyl sites for hydroxylation is 1. The van der Waals surface area contributed by atoms with E-state index in [1.807, 2.05) is 36.0 Å². The van der Waals surface area contributed by atoms with E-state index in [-0.39, 0.29) is 22.9 Å². The summed E-state index contributed by atoms with van der Waals surface area (Å²) >= 11 is 0. The molecule has 0 spiro atoms. The molecule has 0 N–H and O–H groups in total. The predicted molar refractivity (Wildman–Crippen MR) is 125 cm³/mol. The summed E-state index contributed by atoms with van der Waals surface area (Å²) in [6.45, 7) is 1.68. The maximum atomic E-state index is 13.9. The number of hydrogen-bond donors (Lipinski definition) is 0. The number of esters is 1. The Morgan fingerprint density at radius 3 is 2.68 bits per heavy atom. The summed E-state index contributed by atoms with van der Waals surface area (Å²) < 4.78 is 32.6. The number of hydrogen-bond acceptors (Lipinski definition) is 5. The maximum Gasteiger partial charge on any atom is 0.346 e. The molecule has 1 aliphatic heterocycles. The number of Topliss-reactive ketones (excluding diaryl/α,β-unsaturated/α-hetero) is 1. The van der Waals surface area contributed by atoms with Crippen molar-refractivity contribution in [2.45, 2.75) is 6.92 Å². The van der Waals surface area contributed by atoms with Crippen LogP contribution in [0.5, 0.6) is 17.2 Å². The number of carbonyl (C=O) groups is 2. The molecule has 6 nitrogen and oxygen atoms in total. The molecule has 170 valence electrons. The van der Waals surface area contributed by atoms with Gasteiger partial charge in [0.2, 0.25) is 5.78 Å². The molecule has 0 unspecified atom stereocenters. The number of allylic oxidation sites excluding steroid dienone is 1. The lowest BCUT2D eigenvalue weighted by Gasteiger charge is -2.10. The van der Waals surface area contributed by atoms with Crippen LogP contribution in [0.25, 0.3) is 17.0 Å². The molecule has 0 radical (unpaired) electrons. The summed E-state index contributed by atoms with van der Waals surface area (Å²) in [6, 6.07) is 14.4. The average Bonchev–Trinajstić information content (AvgIpc) is 3.32. The van der Waals surface area contributed by atoms with Gasteiger partial charge in [-0.15, -0.1) is 0 Å². The molecule has 0 aliphatic carbocycles. The molecule has 3 aromatic carbocycles. The highest BCUT2D eigenvalue weighted by Crippen LogP contribution is 2.40. The van der Waals surface area contributed by atoms with Gasteiger partial charge in [-0.2, -0.15) is 0 Å². The van der Waals surface area contributed by atoms with E-state index < -0.39 is 11.8 Å². The van der Waals surface area contributed by atoms with E-state index in [1.165, 1.54) is 24.3 Å². The number of nitrogens with zero attached hydrogens (tertiary/aromatic N) is 1. The molecule has 7 heteroatoms. The van der Waals surface area contributed by atoms with Crippen LogP contribution in [-0.2, 0) is 7.05 Å². The highest BCUT2D eigenvalue weighted by atomic mass is 19.1. The standard InChI is InChI=1S/C27H20FNO5/c1-15-23(34-27(31)18-6-4-5-7-21(18)28)11-9-19-25(30)24(33-26(15)19)12-16-14-29(2)22-10-8-17(32-3)13-20(16)22/h4-14H,1-3H3/b24-12+. The quantitative estimate of drug-likeness (QED) is 0.231. The van der Waals surface area contributed by atoms with Crippen molar-refractivity contribution < 1.29 is 28.2 Å². The van der Waals surface area contributed by atoms with Crippen LogP contribution in [-0.4, -0.2) is 23.4 Å². The van der Waals surface area contributed by atoms with E-state index in [4.69, 9.17) is 14.2 Å². The second-order valence-electron chi connectivity index (χ2n) is 7.95. The fourth-order valence-corrected chi connectivity index (χ4v) is 4.05. The third kappa shape index (κ3) is 3.51. The minimum absolute atomic E-state index is 0.158. The van der Waals surface area contributed by atoms with Gasteiger partial charge in [0.05, 0.1) is 18.2 Å². The number of methoxy groups -OCH3 is 1. The van der Waals surface area contributed by atoms with Gasteiger partial charge in [-0.05, 0) is 55.5 Å². The lowest BCUT2D eigenvalue weighted by Crippen LogP contribution is -2.11. The van der Waals surface area contributed by atoms with Crippen LogP contribution in [0.2, 0.25) is 0 Å². The molecule has 0 amide bonds. The average molecular weight is 457 g/mol. The number of aromatic nitrogens is 1. The van der Waals surface area contributed by atoms with Gasteiger partial charge in [0.1, 0.15) is 23.1 Å². The van der Waals surface area contributed by atoms with Crippen LogP contribution in [0.3, 0.4) is 0 Å². The Labute approximate surface area is 194 Å². The second-order valence-corrected chi connectivity index (χ2v) is 7.95. The molecule has 0 fully saturated rings. The first kappa shape index (κ1) is 21.5. The van der Waals surface area contributed by atoms with Crippen LogP contribution in [0.1, 0.15) is 31.8 Å². The zero-order chi connectivity index (χ0) is 24.0. The molecule has 0 atom stereocenters. The molecule has 4 aromatic rings. The highest BCUT2D eigenvalue weighted by Gasteiger charge is 2.31. The smallest absolute Gasteiger partial charge is 0.346 e. The fourth-order valence-electron chi connectivity index (χ4n) is 4.05. The van der Waals surface area contributed by atoms with Gasteiger partial charge >= 0.3 is 5.97 Å². The third-order valence-corrected chi connectivity index (χ3v) is 5.85. The van der Waals surface area contributed by atoms with Crippen LogP contribution in [0.4, 0.5) is 4.39 Å². The van der Waals surface area contributed by atoms with E-state index in [1.54, 1.807) is 32.2 Å². The van der Waals surface area contributed by atoms with E-state index in [0.29, 0.717) is 22.6 Å². The van der Waals surface area contributed by atoms with E-state index >= 15 is 0 Å². The molecule has 1 aliphatic rings. The maximum absolute atomic E-state index is 13.9. The number of carbonyl (C=O) groups excluding carboxylic acids is 2. The van der Waals surface area contributed by atoms with Gasteiger partial charge in [-0.1, -0.05) is 12.1 Å². The molecular formula is C27H20FNO5. The van der Waals surface area contributed by atoms with Crippen LogP contribution >= 0.6 is 0 Å². The summed E-state index contributed by atoms with van der Waals surface area (Å²) in [7, 11) is 3.52. The molecular weight excluding hydrogens is 437 g/mol. The van der Waals surface area contributed by atoms with E-state index in [0.717, 1.165) is 16.5 Å². The number of benzene rings is 3. The Morgan fingerprint density at radius 1 is 1.12 bits per heavy atom. The lowest BCUT2D eigenvalue weighted by molar-refractivity contribution is 0.0728. The van der Waals surface area contributed by atoms with Crippen LogP contribution < -0.4 is 14.2 Å². The van der Waals surface area contributed by atoms with Crippen molar-refractivity contribution in [1.29, 1.82) is 0 Å². The van der Waals surface area contributed by atoms with Gasteiger partial charge in [0.15, 0.2) is 5.76 Å². The van der Waals surface area contributed by atoms with Gasteiger partial charge in [0.25, 0.3) is 0 Å². The van der Waals surface area contributed by atoms with Crippen molar-refractivity contribution >= 4 is 28.7 Å². The predicted octanol–water partition coefficient (Wildman–Crippen LogP) is 5.47. The Balaban J connectivity index is 1.48. The number of rotatable bonds is 4. The monoisotopic (exact) mass is 457 g/mol. The van der Waals surface area contributed by atoms with Gasteiger partial charge in [0, 0.05) is 35.3 Å². The molecule has 0 saturated carbocycles. The van der Waals surface area contributed by atoms with E-state index in [2.05, 4.69) is 0 Å². The van der Waals surface area contributed by atoms with Gasteiger partial charge in [-0.3, -0.25) is 4.79 Å². The molecule has 5 rings (SSSR count). The SMILES string of the molecule is COc1ccc2c(c1)c(/C=C1/Oc3c(ccc(OC(=O)c4ccccc4F)c3C)C1=O)cn2C. The first-order chi connectivity index (χ1) is 16.4. The van der Waals surface area contributed by atoms with E-state index in [9.17, 15) is 14.0 Å². The summed E-state index contributed by atoms with van der Waals surface area (Å²) in [5.41, 5.74) is 2.45. The largest absolute Gasteiger partial charge is 0.497 e. The number of fused-ring (bicyclic) bond motifs is 2. The van der Waals surface area contributed by atoms with Crippen LogP contribution in [0, 0.1) is 12.7 Å². The zero-order valence-electron chi connectivity index (χ0n) is 18.7. The molecule has 0 saturated heterocycles. The zero-order valence-corrected chi connectivity index (χ0v) is 18.7. The van der Waals surface area contributed by atoms with Crippen molar-refractivity contribution in [2.24, 2.45) is 7.05 Å². The van der Waals surface area contributed by atoms with Crippen molar-refractivity contribution in [3.8, 4) is 17.2 Å². The second kappa shape index (κ2) is 8.19. The Hall–Kier alpha value is -4.39. The molecule has 0 bridgehead atoms. The van der Waals surface area contributed by atoms with Gasteiger partial charge in [-0.25, -0.2) is 9.18 Å².